The minimum atomic E-state index is 0.605. The van der Waals surface area contributed by atoms with Crippen molar-refractivity contribution in [2.45, 2.75) is 45.6 Å². The highest BCUT2D eigenvalue weighted by molar-refractivity contribution is 5.60. The largest absolute Gasteiger partial charge is 0.495 e. The molecule has 0 spiro atoms. The number of ether oxygens (including phenoxy) is 1. The predicted octanol–water partition coefficient (Wildman–Crippen LogP) is 3.89. The molecule has 0 N–H and O–H groups in total. The van der Waals surface area contributed by atoms with Gasteiger partial charge in [0.25, 0.3) is 0 Å². The van der Waals surface area contributed by atoms with Crippen LogP contribution in [0.4, 0.5) is 17.3 Å². The molecule has 0 amide bonds. The molecule has 6 heteroatoms. The summed E-state index contributed by atoms with van der Waals surface area (Å²) < 4.78 is 5.55. The summed E-state index contributed by atoms with van der Waals surface area (Å²) >= 11 is 0. The molecule has 3 heterocycles. The Labute approximate surface area is 174 Å². The normalized spacial score (nSPS) is 20.1. The van der Waals surface area contributed by atoms with Crippen LogP contribution in [-0.2, 0) is 0 Å². The Kier molecular flexibility index (Phi) is 6.07. The van der Waals surface area contributed by atoms with E-state index in [-0.39, 0.29) is 0 Å². The van der Waals surface area contributed by atoms with Gasteiger partial charge in [0.2, 0.25) is 0 Å². The van der Waals surface area contributed by atoms with Crippen molar-refractivity contribution < 1.29 is 4.74 Å². The van der Waals surface area contributed by atoms with Crippen LogP contribution in [0.15, 0.2) is 30.3 Å². The predicted molar refractivity (Wildman–Crippen MR) is 119 cm³/mol. The van der Waals surface area contributed by atoms with Gasteiger partial charge in [-0.2, -0.15) is 0 Å². The van der Waals surface area contributed by atoms with E-state index in [0.717, 1.165) is 55.9 Å². The second kappa shape index (κ2) is 8.89. The fraction of sp³-hybridized carbons (Fsp3) is 0.565. The van der Waals surface area contributed by atoms with Gasteiger partial charge in [-0.3, -0.25) is 0 Å². The van der Waals surface area contributed by atoms with E-state index >= 15 is 0 Å². The number of benzene rings is 1. The average molecular weight is 396 g/mol. The number of para-hydroxylation sites is 2. The van der Waals surface area contributed by atoms with E-state index < -0.39 is 0 Å². The maximum Gasteiger partial charge on any atom is 0.142 e. The van der Waals surface area contributed by atoms with E-state index in [1.54, 1.807) is 7.11 Å². The maximum absolute atomic E-state index is 5.55. The van der Waals surface area contributed by atoms with Crippen LogP contribution >= 0.6 is 0 Å². The smallest absolute Gasteiger partial charge is 0.142 e. The van der Waals surface area contributed by atoms with Gasteiger partial charge in [-0.25, -0.2) is 9.97 Å². The van der Waals surface area contributed by atoms with Gasteiger partial charge in [-0.05, 0) is 44.7 Å². The molecule has 2 saturated heterocycles. The highest BCUT2D eigenvalue weighted by Gasteiger charge is 2.25. The average Bonchev–Trinajstić information content (AvgIpc) is 2.78. The number of methoxy groups -OCH3 is 1. The standard InChI is InChI=1S/C23H33N5O/c1-4-19-9-7-8-12-28(19)23-17-22(24-18(2)25-23)27-15-13-26(14-16-27)20-10-5-6-11-21(20)29-3/h5-6,10-11,17,19H,4,7-9,12-16H2,1-3H3. The van der Waals surface area contributed by atoms with Gasteiger partial charge in [-0.15, -0.1) is 0 Å². The van der Waals surface area contributed by atoms with Crippen molar-refractivity contribution in [2.24, 2.45) is 0 Å². The second-order valence-electron chi connectivity index (χ2n) is 8.03. The molecule has 1 aromatic carbocycles. The first-order valence-electron chi connectivity index (χ1n) is 10.9. The highest BCUT2D eigenvalue weighted by atomic mass is 16.5. The number of nitrogens with zero attached hydrogens (tertiary/aromatic N) is 5. The topological polar surface area (TPSA) is 44.7 Å². The Bertz CT molecular complexity index is 819. The number of aryl methyl sites for hydroxylation is 1. The molecule has 0 saturated carbocycles. The summed E-state index contributed by atoms with van der Waals surface area (Å²) in [5.74, 6) is 3.97. The zero-order valence-corrected chi connectivity index (χ0v) is 18.0. The summed E-state index contributed by atoms with van der Waals surface area (Å²) in [4.78, 5) is 16.9. The van der Waals surface area contributed by atoms with E-state index in [1.807, 2.05) is 19.1 Å². The van der Waals surface area contributed by atoms with Crippen LogP contribution in [0.2, 0.25) is 0 Å². The van der Waals surface area contributed by atoms with Crippen molar-refractivity contribution in [3.63, 3.8) is 0 Å². The van der Waals surface area contributed by atoms with Crippen molar-refractivity contribution in [1.29, 1.82) is 0 Å². The Balaban J connectivity index is 1.49. The lowest BCUT2D eigenvalue weighted by molar-refractivity contribution is 0.413. The van der Waals surface area contributed by atoms with E-state index in [1.165, 1.54) is 31.4 Å². The van der Waals surface area contributed by atoms with Crippen LogP contribution in [0.1, 0.15) is 38.4 Å². The molecule has 6 nitrogen and oxygen atoms in total. The van der Waals surface area contributed by atoms with E-state index in [0.29, 0.717) is 6.04 Å². The van der Waals surface area contributed by atoms with Crippen molar-refractivity contribution in [3.8, 4) is 5.75 Å². The number of hydrogen-bond acceptors (Lipinski definition) is 6. The molecule has 0 radical (unpaired) electrons. The molecular formula is C23H33N5O. The highest BCUT2D eigenvalue weighted by Crippen LogP contribution is 2.30. The summed E-state index contributed by atoms with van der Waals surface area (Å²) in [5, 5.41) is 0. The van der Waals surface area contributed by atoms with Gasteiger partial charge >= 0.3 is 0 Å². The minimum absolute atomic E-state index is 0.605. The van der Waals surface area contributed by atoms with Crippen LogP contribution in [0.5, 0.6) is 5.75 Å². The molecule has 1 unspecified atom stereocenters. The molecule has 1 aromatic heterocycles. The van der Waals surface area contributed by atoms with E-state index in [4.69, 9.17) is 14.7 Å². The van der Waals surface area contributed by atoms with Crippen LogP contribution in [0.25, 0.3) is 0 Å². The number of aromatic nitrogens is 2. The molecule has 29 heavy (non-hydrogen) atoms. The zero-order chi connectivity index (χ0) is 20.2. The number of rotatable bonds is 5. The molecule has 2 aliphatic rings. The Morgan fingerprint density at radius 3 is 2.45 bits per heavy atom. The van der Waals surface area contributed by atoms with Crippen molar-refractivity contribution in [2.75, 3.05) is 54.5 Å². The number of piperidine rings is 1. The first-order chi connectivity index (χ1) is 14.2. The maximum atomic E-state index is 5.55. The van der Waals surface area contributed by atoms with Gasteiger partial charge < -0.3 is 19.4 Å². The molecule has 156 valence electrons. The third kappa shape index (κ3) is 4.26. The number of hydrogen-bond donors (Lipinski definition) is 0. The summed E-state index contributed by atoms with van der Waals surface area (Å²) in [6.45, 7) is 9.23. The lowest BCUT2D eigenvalue weighted by Gasteiger charge is -2.39. The summed E-state index contributed by atoms with van der Waals surface area (Å²) in [6, 6.07) is 11.1. The first-order valence-corrected chi connectivity index (χ1v) is 10.9. The summed E-state index contributed by atoms with van der Waals surface area (Å²) in [6.07, 6.45) is 5.03. The van der Waals surface area contributed by atoms with Gasteiger partial charge in [0, 0.05) is 44.8 Å². The lowest BCUT2D eigenvalue weighted by Crippen LogP contribution is -2.47. The molecule has 4 rings (SSSR count). The molecule has 2 aromatic rings. The third-order valence-electron chi connectivity index (χ3n) is 6.23. The molecule has 2 fully saturated rings. The summed E-state index contributed by atoms with van der Waals surface area (Å²) in [5.41, 5.74) is 1.17. The zero-order valence-electron chi connectivity index (χ0n) is 18.0. The fourth-order valence-electron chi connectivity index (χ4n) is 4.64. The monoisotopic (exact) mass is 395 g/mol. The number of anilines is 3. The molecular weight excluding hydrogens is 362 g/mol. The summed E-state index contributed by atoms with van der Waals surface area (Å²) in [7, 11) is 1.74. The van der Waals surface area contributed by atoms with Crippen molar-refractivity contribution in [3.05, 3.63) is 36.2 Å². The van der Waals surface area contributed by atoms with Gasteiger partial charge in [-0.1, -0.05) is 19.1 Å². The van der Waals surface area contributed by atoms with Gasteiger partial charge in [0.05, 0.1) is 12.8 Å². The van der Waals surface area contributed by atoms with Gasteiger partial charge in [0.15, 0.2) is 0 Å². The van der Waals surface area contributed by atoms with Gasteiger partial charge in [0.1, 0.15) is 23.2 Å². The van der Waals surface area contributed by atoms with Crippen LogP contribution in [0, 0.1) is 6.92 Å². The number of piperazine rings is 1. The fourth-order valence-corrected chi connectivity index (χ4v) is 4.64. The minimum Gasteiger partial charge on any atom is -0.495 e. The van der Waals surface area contributed by atoms with Crippen molar-refractivity contribution in [1.82, 2.24) is 9.97 Å². The van der Waals surface area contributed by atoms with Crippen LogP contribution < -0.4 is 19.4 Å². The quantitative estimate of drug-likeness (QED) is 0.765. The Morgan fingerprint density at radius 1 is 0.966 bits per heavy atom. The Hall–Kier alpha value is -2.50. The third-order valence-corrected chi connectivity index (χ3v) is 6.23. The van der Waals surface area contributed by atoms with E-state index in [2.05, 4.69) is 39.8 Å². The van der Waals surface area contributed by atoms with Crippen LogP contribution in [0.3, 0.4) is 0 Å². The second-order valence-corrected chi connectivity index (χ2v) is 8.03. The lowest BCUT2D eigenvalue weighted by atomic mass is 10.00. The van der Waals surface area contributed by atoms with Crippen molar-refractivity contribution >= 4 is 17.3 Å². The molecule has 1 atom stereocenters. The SMILES string of the molecule is CCC1CCCCN1c1cc(N2CCN(c3ccccc3OC)CC2)nc(C)n1. The molecule has 2 aliphatic heterocycles. The Morgan fingerprint density at radius 2 is 1.69 bits per heavy atom. The molecule has 0 aliphatic carbocycles. The van der Waals surface area contributed by atoms with E-state index in [9.17, 15) is 0 Å². The molecule has 0 bridgehead atoms. The first kappa shape index (κ1) is 19.8. The van der Waals surface area contributed by atoms with Crippen LogP contribution in [-0.4, -0.2) is 55.8 Å².